The molecule has 4 nitrogen and oxygen atoms in total. The molecule has 0 aliphatic carbocycles. The third-order valence-electron chi connectivity index (χ3n) is 3.12. The van der Waals surface area contributed by atoms with Gasteiger partial charge in [0.2, 0.25) is 0 Å². The predicted molar refractivity (Wildman–Crippen MR) is 84.8 cm³/mol. The lowest BCUT2D eigenvalue weighted by molar-refractivity contribution is 0.0956. The van der Waals surface area contributed by atoms with E-state index in [0.717, 1.165) is 17.0 Å². The number of ether oxygens (including phenoxy) is 1. The molecule has 0 saturated heterocycles. The van der Waals surface area contributed by atoms with Crippen LogP contribution in [0, 0.1) is 0 Å². The molecule has 0 atom stereocenters. The summed E-state index contributed by atoms with van der Waals surface area (Å²) in [6.07, 6.45) is 0. The van der Waals surface area contributed by atoms with Gasteiger partial charge in [-0.05, 0) is 42.8 Å². The Morgan fingerprint density at radius 2 is 1.90 bits per heavy atom. The Labute approximate surface area is 125 Å². The molecule has 0 radical (unpaired) electrons. The summed E-state index contributed by atoms with van der Waals surface area (Å²) in [7, 11) is 1.65. The Morgan fingerprint density at radius 3 is 2.57 bits per heavy atom. The third kappa shape index (κ3) is 4.24. The first-order valence-electron chi connectivity index (χ1n) is 6.98. The van der Waals surface area contributed by atoms with Crippen molar-refractivity contribution in [2.45, 2.75) is 13.5 Å². The average molecular weight is 284 g/mol. The summed E-state index contributed by atoms with van der Waals surface area (Å²) in [5, 5.41) is 6.11. The highest BCUT2D eigenvalue weighted by molar-refractivity contribution is 5.95. The first-order valence-corrected chi connectivity index (χ1v) is 6.98. The minimum atomic E-state index is -0.0504. The quantitative estimate of drug-likeness (QED) is 0.857. The van der Waals surface area contributed by atoms with Gasteiger partial charge in [0, 0.05) is 24.3 Å². The summed E-state index contributed by atoms with van der Waals surface area (Å²) < 4.78 is 5.13. The number of hydrogen-bond acceptors (Lipinski definition) is 3. The van der Waals surface area contributed by atoms with E-state index in [0.29, 0.717) is 18.7 Å². The Balaban J connectivity index is 1.99. The van der Waals surface area contributed by atoms with Gasteiger partial charge in [-0.2, -0.15) is 0 Å². The minimum Gasteiger partial charge on any atom is -0.497 e. The molecule has 21 heavy (non-hydrogen) atoms. The van der Waals surface area contributed by atoms with E-state index in [9.17, 15) is 4.79 Å². The van der Waals surface area contributed by atoms with Gasteiger partial charge in [0.1, 0.15) is 5.75 Å². The van der Waals surface area contributed by atoms with Gasteiger partial charge in [-0.3, -0.25) is 4.79 Å². The van der Waals surface area contributed by atoms with Crippen LogP contribution in [0.3, 0.4) is 0 Å². The molecule has 0 spiro atoms. The topological polar surface area (TPSA) is 50.4 Å². The van der Waals surface area contributed by atoms with E-state index in [2.05, 4.69) is 10.6 Å². The zero-order valence-corrected chi connectivity index (χ0v) is 12.3. The van der Waals surface area contributed by atoms with Gasteiger partial charge in [0.25, 0.3) is 5.91 Å². The van der Waals surface area contributed by atoms with E-state index in [4.69, 9.17) is 4.74 Å². The fraction of sp³-hybridized carbons (Fsp3) is 0.235. The molecule has 0 aliphatic rings. The van der Waals surface area contributed by atoms with E-state index >= 15 is 0 Å². The van der Waals surface area contributed by atoms with Crippen molar-refractivity contribution in [1.29, 1.82) is 0 Å². The van der Waals surface area contributed by atoms with Gasteiger partial charge < -0.3 is 15.4 Å². The summed E-state index contributed by atoms with van der Waals surface area (Å²) >= 11 is 0. The van der Waals surface area contributed by atoms with Gasteiger partial charge in [-0.15, -0.1) is 0 Å². The molecule has 2 rings (SSSR count). The molecule has 110 valence electrons. The van der Waals surface area contributed by atoms with E-state index < -0.39 is 0 Å². The molecule has 2 aromatic rings. The first-order chi connectivity index (χ1) is 10.2. The standard InChI is InChI=1S/C17H20N2O2/c1-3-18-17(20)14-5-4-6-15(11-14)19-12-13-7-9-16(21-2)10-8-13/h4-11,19H,3,12H2,1-2H3,(H,18,20). The van der Waals surface area contributed by atoms with Crippen molar-refractivity contribution in [1.82, 2.24) is 5.32 Å². The summed E-state index contributed by atoms with van der Waals surface area (Å²) in [5.74, 6) is 0.794. The fourth-order valence-corrected chi connectivity index (χ4v) is 1.98. The zero-order valence-electron chi connectivity index (χ0n) is 12.3. The number of rotatable bonds is 6. The molecular weight excluding hydrogens is 264 g/mol. The number of carbonyl (C=O) groups is 1. The molecule has 0 aromatic heterocycles. The van der Waals surface area contributed by atoms with Gasteiger partial charge in [0.05, 0.1) is 7.11 Å². The number of methoxy groups -OCH3 is 1. The lowest BCUT2D eigenvalue weighted by Crippen LogP contribution is -2.22. The molecule has 0 heterocycles. The van der Waals surface area contributed by atoms with E-state index in [1.807, 2.05) is 55.5 Å². The van der Waals surface area contributed by atoms with Crippen LogP contribution >= 0.6 is 0 Å². The van der Waals surface area contributed by atoms with E-state index in [-0.39, 0.29) is 5.91 Å². The van der Waals surface area contributed by atoms with Crippen LogP contribution < -0.4 is 15.4 Å². The number of anilines is 1. The molecule has 2 aromatic carbocycles. The van der Waals surface area contributed by atoms with E-state index in [1.165, 1.54) is 0 Å². The maximum Gasteiger partial charge on any atom is 0.251 e. The SMILES string of the molecule is CCNC(=O)c1cccc(NCc2ccc(OC)cc2)c1. The smallest absolute Gasteiger partial charge is 0.251 e. The second-order valence-electron chi connectivity index (χ2n) is 4.64. The lowest BCUT2D eigenvalue weighted by Gasteiger charge is -2.09. The second kappa shape index (κ2) is 7.33. The zero-order chi connectivity index (χ0) is 15.1. The molecule has 0 fully saturated rings. The lowest BCUT2D eigenvalue weighted by atomic mass is 10.1. The highest BCUT2D eigenvalue weighted by atomic mass is 16.5. The average Bonchev–Trinajstić information content (AvgIpc) is 2.54. The van der Waals surface area contributed by atoms with Crippen molar-refractivity contribution in [2.75, 3.05) is 19.0 Å². The Hall–Kier alpha value is -2.49. The van der Waals surface area contributed by atoms with Crippen LogP contribution in [0.25, 0.3) is 0 Å². The summed E-state index contributed by atoms with van der Waals surface area (Å²) in [4.78, 5) is 11.8. The summed E-state index contributed by atoms with van der Waals surface area (Å²) in [6.45, 7) is 3.23. The van der Waals surface area contributed by atoms with Gasteiger partial charge in [0.15, 0.2) is 0 Å². The van der Waals surface area contributed by atoms with Crippen molar-refractivity contribution in [2.24, 2.45) is 0 Å². The third-order valence-corrected chi connectivity index (χ3v) is 3.12. The Morgan fingerprint density at radius 1 is 1.14 bits per heavy atom. The monoisotopic (exact) mass is 284 g/mol. The van der Waals surface area contributed by atoms with Gasteiger partial charge >= 0.3 is 0 Å². The van der Waals surface area contributed by atoms with Gasteiger partial charge in [-0.1, -0.05) is 18.2 Å². The van der Waals surface area contributed by atoms with Gasteiger partial charge in [-0.25, -0.2) is 0 Å². The highest BCUT2D eigenvalue weighted by Crippen LogP contribution is 2.15. The molecular formula is C17H20N2O2. The Bertz CT molecular complexity index is 594. The molecule has 4 heteroatoms. The maximum atomic E-state index is 11.8. The molecule has 0 unspecified atom stereocenters. The molecule has 0 bridgehead atoms. The summed E-state index contributed by atoms with van der Waals surface area (Å²) in [6, 6.07) is 15.4. The predicted octanol–water partition coefficient (Wildman–Crippen LogP) is 3.06. The Kier molecular flexibility index (Phi) is 5.21. The van der Waals surface area contributed by atoms with E-state index in [1.54, 1.807) is 7.11 Å². The van der Waals surface area contributed by atoms with Crippen LogP contribution in [-0.2, 0) is 6.54 Å². The van der Waals surface area contributed by atoms with Crippen LogP contribution in [-0.4, -0.2) is 19.6 Å². The van der Waals surface area contributed by atoms with Crippen molar-refractivity contribution in [3.63, 3.8) is 0 Å². The number of nitrogens with one attached hydrogen (secondary N) is 2. The van der Waals surface area contributed by atoms with Crippen molar-refractivity contribution in [3.8, 4) is 5.75 Å². The summed E-state index contributed by atoms with van der Waals surface area (Å²) in [5.41, 5.74) is 2.74. The number of hydrogen-bond donors (Lipinski definition) is 2. The van der Waals surface area contributed by atoms with Crippen LogP contribution in [0.4, 0.5) is 5.69 Å². The fourth-order valence-electron chi connectivity index (χ4n) is 1.98. The van der Waals surface area contributed by atoms with Crippen molar-refractivity contribution >= 4 is 11.6 Å². The number of carbonyl (C=O) groups excluding carboxylic acids is 1. The molecule has 2 N–H and O–H groups in total. The van der Waals surface area contributed by atoms with Crippen LogP contribution in [0.5, 0.6) is 5.75 Å². The van der Waals surface area contributed by atoms with Crippen molar-refractivity contribution in [3.05, 3.63) is 59.7 Å². The first kappa shape index (κ1) is 14.9. The number of benzene rings is 2. The largest absolute Gasteiger partial charge is 0.497 e. The van der Waals surface area contributed by atoms with Crippen LogP contribution in [0.15, 0.2) is 48.5 Å². The molecule has 0 saturated carbocycles. The highest BCUT2D eigenvalue weighted by Gasteiger charge is 2.04. The maximum absolute atomic E-state index is 11.8. The molecule has 1 amide bonds. The molecule has 0 aliphatic heterocycles. The minimum absolute atomic E-state index is 0.0504. The second-order valence-corrected chi connectivity index (χ2v) is 4.64. The van der Waals surface area contributed by atoms with Crippen LogP contribution in [0.2, 0.25) is 0 Å². The normalized spacial score (nSPS) is 10.0. The number of amides is 1. The van der Waals surface area contributed by atoms with Crippen LogP contribution in [0.1, 0.15) is 22.8 Å². The van der Waals surface area contributed by atoms with Crippen molar-refractivity contribution < 1.29 is 9.53 Å².